The van der Waals surface area contributed by atoms with Gasteiger partial charge in [0.05, 0.1) is 17.6 Å². The van der Waals surface area contributed by atoms with Gasteiger partial charge in [-0.1, -0.05) is 30.3 Å². The molecule has 0 saturated heterocycles. The molecular formula is C20H17N3O4. The van der Waals surface area contributed by atoms with Crippen LogP contribution in [0.4, 0.5) is 0 Å². The van der Waals surface area contributed by atoms with Gasteiger partial charge in [0.15, 0.2) is 0 Å². The normalized spacial score (nSPS) is 11.1. The van der Waals surface area contributed by atoms with Crippen LogP contribution >= 0.6 is 0 Å². The second-order valence-corrected chi connectivity index (χ2v) is 6.19. The van der Waals surface area contributed by atoms with Crippen LogP contribution in [-0.2, 0) is 11.3 Å². The van der Waals surface area contributed by atoms with E-state index in [-0.39, 0.29) is 23.5 Å². The van der Waals surface area contributed by atoms with E-state index in [1.165, 1.54) is 0 Å². The van der Waals surface area contributed by atoms with Gasteiger partial charge in [-0.15, -0.1) is 0 Å². The number of carbonyl (C=O) groups is 1. The predicted octanol–water partition coefficient (Wildman–Crippen LogP) is 2.42. The number of hydrogen-bond acceptors (Lipinski definition) is 4. The molecule has 0 bridgehead atoms. The maximum absolute atomic E-state index is 12.2. The summed E-state index contributed by atoms with van der Waals surface area (Å²) in [6.07, 6.45) is 0.477. The standard InChI is InChI=1S/C20H17N3O4/c24-18-14-7-2-1-6-13(14)12-16(21-18)19(25)27-11-5-10-23-17-9-4-3-8-15(17)22-20(23)26/h1-4,6-9,12H,5,10-11H2,(H,21,24)(H,22,26). The number of benzene rings is 2. The summed E-state index contributed by atoms with van der Waals surface area (Å²) in [7, 11) is 0. The number of fused-ring (bicyclic) bond motifs is 2. The molecule has 2 N–H and O–H groups in total. The average Bonchev–Trinajstić information content (AvgIpc) is 3.00. The van der Waals surface area contributed by atoms with Gasteiger partial charge in [-0.05, 0) is 36.1 Å². The Morgan fingerprint density at radius 2 is 1.78 bits per heavy atom. The molecule has 2 aromatic carbocycles. The number of hydrogen-bond donors (Lipinski definition) is 2. The Morgan fingerprint density at radius 1 is 1.00 bits per heavy atom. The van der Waals surface area contributed by atoms with Crippen molar-refractivity contribution in [3.05, 3.63) is 81.1 Å². The van der Waals surface area contributed by atoms with Gasteiger partial charge in [-0.25, -0.2) is 9.59 Å². The molecule has 2 aromatic heterocycles. The zero-order valence-corrected chi connectivity index (χ0v) is 14.4. The largest absolute Gasteiger partial charge is 0.461 e. The first-order valence-corrected chi connectivity index (χ1v) is 8.60. The Balaban J connectivity index is 1.42. The molecule has 27 heavy (non-hydrogen) atoms. The monoisotopic (exact) mass is 363 g/mol. The average molecular weight is 363 g/mol. The van der Waals surface area contributed by atoms with Crippen molar-refractivity contribution >= 4 is 27.8 Å². The molecule has 0 fully saturated rings. The van der Waals surface area contributed by atoms with Crippen molar-refractivity contribution in [1.82, 2.24) is 14.5 Å². The number of aryl methyl sites for hydroxylation is 1. The minimum atomic E-state index is -0.593. The van der Waals surface area contributed by atoms with Gasteiger partial charge in [0.2, 0.25) is 0 Å². The number of aromatic amines is 2. The third-order valence-electron chi connectivity index (χ3n) is 4.41. The highest BCUT2D eigenvalue weighted by molar-refractivity contribution is 5.92. The molecule has 0 unspecified atom stereocenters. The highest BCUT2D eigenvalue weighted by Gasteiger charge is 2.11. The number of aromatic nitrogens is 3. The molecule has 0 saturated carbocycles. The van der Waals surface area contributed by atoms with Crippen molar-refractivity contribution in [1.29, 1.82) is 0 Å². The number of nitrogens with zero attached hydrogens (tertiary/aromatic N) is 1. The highest BCUT2D eigenvalue weighted by atomic mass is 16.5. The van der Waals surface area contributed by atoms with Crippen LogP contribution in [-0.4, -0.2) is 27.1 Å². The van der Waals surface area contributed by atoms with Gasteiger partial charge in [0.1, 0.15) is 5.69 Å². The van der Waals surface area contributed by atoms with Gasteiger partial charge in [-0.2, -0.15) is 0 Å². The van der Waals surface area contributed by atoms with E-state index in [1.54, 1.807) is 34.9 Å². The summed E-state index contributed by atoms with van der Waals surface area (Å²) in [5, 5.41) is 1.20. The summed E-state index contributed by atoms with van der Waals surface area (Å²) in [6, 6.07) is 16.0. The van der Waals surface area contributed by atoms with E-state index in [0.717, 1.165) is 11.0 Å². The molecule has 7 heteroatoms. The van der Waals surface area contributed by atoms with E-state index in [1.807, 2.05) is 24.3 Å². The fourth-order valence-electron chi connectivity index (χ4n) is 3.11. The number of nitrogens with one attached hydrogen (secondary N) is 2. The third kappa shape index (κ3) is 3.27. The van der Waals surface area contributed by atoms with Crippen LogP contribution < -0.4 is 11.2 Å². The van der Waals surface area contributed by atoms with E-state index >= 15 is 0 Å². The second kappa shape index (κ2) is 6.95. The van der Waals surface area contributed by atoms with E-state index in [4.69, 9.17) is 4.74 Å². The Labute approximate surface area is 153 Å². The van der Waals surface area contributed by atoms with Gasteiger partial charge in [0, 0.05) is 11.9 Å². The molecule has 136 valence electrons. The summed E-state index contributed by atoms with van der Waals surface area (Å²) in [5.74, 6) is -0.593. The van der Waals surface area contributed by atoms with E-state index < -0.39 is 5.97 Å². The van der Waals surface area contributed by atoms with Crippen molar-refractivity contribution in [3.8, 4) is 0 Å². The second-order valence-electron chi connectivity index (χ2n) is 6.19. The number of esters is 1. The zero-order valence-electron chi connectivity index (χ0n) is 14.4. The topological polar surface area (TPSA) is 96.9 Å². The molecule has 0 radical (unpaired) electrons. The van der Waals surface area contributed by atoms with Gasteiger partial charge in [-0.3, -0.25) is 9.36 Å². The van der Waals surface area contributed by atoms with Crippen LogP contribution in [0.1, 0.15) is 16.9 Å². The fraction of sp³-hybridized carbons (Fsp3) is 0.150. The number of para-hydroxylation sites is 2. The predicted molar refractivity (Wildman–Crippen MR) is 102 cm³/mol. The number of rotatable bonds is 5. The Hall–Kier alpha value is -3.61. The zero-order chi connectivity index (χ0) is 18.8. The molecule has 0 aliphatic heterocycles. The lowest BCUT2D eigenvalue weighted by atomic mass is 10.1. The first-order valence-electron chi connectivity index (χ1n) is 8.60. The molecular weight excluding hydrogens is 346 g/mol. The Kier molecular flexibility index (Phi) is 4.33. The van der Waals surface area contributed by atoms with Crippen molar-refractivity contribution < 1.29 is 9.53 Å². The lowest BCUT2D eigenvalue weighted by molar-refractivity contribution is 0.0489. The third-order valence-corrected chi connectivity index (χ3v) is 4.41. The molecule has 0 aliphatic rings. The molecule has 4 aromatic rings. The lowest BCUT2D eigenvalue weighted by Gasteiger charge is -2.07. The number of carbonyl (C=O) groups excluding carboxylic acids is 1. The quantitative estimate of drug-likeness (QED) is 0.420. The molecule has 0 spiro atoms. The maximum atomic E-state index is 12.2. The van der Waals surface area contributed by atoms with Crippen LogP contribution in [0.3, 0.4) is 0 Å². The van der Waals surface area contributed by atoms with Crippen LogP contribution in [0.2, 0.25) is 0 Å². The van der Waals surface area contributed by atoms with Gasteiger partial charge in [0.25, 0.3) is 5.56 Å². The number of imidazole rings is 1. The Bertz CT molecular complexity index is 1250. The van der Waals surface area contributed by atoms with Crippen LogP contribution in [0.25, 0.3) is 21.8 Å². The smallest absolute Gasteiger partial charge is 0.354 e. The van der Waals surface area contributed by atoms with Crippen molar-refractivity contribution in [2.75, 3.05) is 6.61 Å². The molecule has 0 aliphatic carbocycles. The summed E-state index contributed by atoms with van der Waals surface area (Å²) < 4.78 is 6.86. The van der Waals surface area contributed by atoms with E-state index in [2.05, 4.69) is 9.97 Å². The maximum Gasteiger partial charge on any atom is 0.354 e. The molecule has 0 atom stereocenters. The molecule has 7 nitrogen and oxygen atoms in total. The van der Waals surface area contributed by atoms with Gasteiger partial charge < -0.3 is 14.7 Å². The minimum Gasteiger partial charge on any atom is -0.461 e. The number of H-pyrrole nitrogens is 2. The van der Waals surface area contributed by atoms with Crippen LogP contribution in [0.5, 0.6) is 0 Å². The fourth-order valence-corrected chi connectivity index (χ4v) is 3.11. The van der Waals surface area contributed by atoms with Crippen LogP contribution in [0, 0.1) is 0 Å². The number of pyridine rings is 1. The summed E-state index contributed by atoms with van der Waals surface area (Å²) in [4.78, 5) is 41.6. The summed E-state index contributed by atoms with van der Waals surface area (Å²) in [5.41, 5.74) is 1.18. The summed E-state index contributed by atoms with van der Waals surface area (Å²) in [6.45, 7) is 0.560. The van der Waals surface area contributed by atoms with E-state index in [9.17, 15) is 14.4 Å². The molecule has 4 rings (SSSR count). The van der Waals surface area contributed by atoms with Gasteiger partial charge >= 0.3 is 11.7 Å². The van der Waals surface area contributed by atoms with Crippen molar-refractivity contribution in [2.45, 2.75) is 13.0 Å². The van der Waals surface area contributed by atoms with Crippen molar-refractivity contribution in [2.24, 2.45) is 0 Å². The summed E-state index contributed by atoms with van der Waals surface area (Å²) >= 11 is 0. The van der Waals surface area contributed by atoms with Crippen LogP contribution in [0.15, 0.2) is 64.2 Å². The van der Waals surface area contributed by atoms with E-state index in [0.29, 0.717) is 23.7 Å². The molecule has 2 heterocycles. The first-order chi connectivity index (χ1) is 13.1. The lowest BCUT2D eigenvalue weighted by Crippen LogP contribution is -2.19. The number of ether oxygens (including phenoxy) is 1. The first kappa shape index (κ1) is 16.8. The molecule has 0 amide bonds. The van der Waals surface area contributed by atoms with Crippen molar-refractivity contribution in [3.63, 3.8) is 0 Å². The SMILES string of the molecule is O=C(OCCCn1c(=O)[nH]c2ccccc21)c1cc2ccccc2c(=O)[nH]1. The Morgan fingerprint density at radius 3 is 2.67 bits per heavy atom. The minimum absolute atomic E-state index is 0.114. The highest BCUT2D eigenvalue weighted by Crippen LogP contribution is 2.11.